The Morgan fingerprint density at radius 1 is 1.67 bits per heavy atom. The molecule has 1 rings (SSSR count). The maximum Gasteiger partial charge on any atom is 0.384 e. The van der Waals surface area contributed by atoms with Crippen LogP contribution in [0.5, 0.6) is 0 Å². The molecule has 0 bridgehead atoms. The van der Waals surface area contributed by atoms with Gasteiger partial charge in [0.1, 0.15) is 5.69 Å². The van der Waals surface area contributed by atoms with E-state index >= 15 is 0 Å². The van der Waals surface area contributed by atoms with Gasteiger partial charge >= 0.3 is 5.82 Å². The standard InChI is InChI=1S/C9H14ClN3O2/c1-6(2)7(10)4-8-9(13(14)15)11-5-12(8)3/h5-7H,4H2,1-3H3. The third-order valence-corrected chi connectivity index (χ3v) is 2.98. The van der Waals surface area contributed by atoms with Crippen LogP contribution in [0.4, 0.5) is 5.82 Å². The van der Waals surface area contributed by atoms with Crippen LogP contribution in [0.1, 0.15) is 19.5 Å². The lowest BCUT2D eigenvalue weighted by molar-refractivity contribution is -0.390. The summed E-state index contributed by atoms with van der Waals surface area (Å²) in [6.45, 7) is 3.97. The second-order valence-electron chi connectivity index (χ2n) is 3.85. The molecule has 0 aliphatic heterocycles. The molecule has 84 valence electrons. The van der Waals surface area contributed by atoms with Crippen LogP contribution in [0.2, 0.25) is 0 Å². The number of hydrogen-bond acceptors (Lipinski definition) is 3. The fourth-order valence-corrected chi connectivity index (χ4v) is 1.40. The van der Waals surface area contributed by atoms with Crippen LogP contribution in [0.3, 0.4) is 0 Å². The summed E-state index contributed by atoms with van der Waals surface area (Å²) in [5, 5.41) is 10.6. The van der Waals surface area contributed by atoms with E-state index < -0.39 is 4.92 Å². The SMILES string of the molecule is CC(C)C(Cl)Cc1c([N+](=O)[O-])ncn1C. The van der Waals surface area contributed by atoms with E-state index in [4.69, 9.17) is 11.6 Å². The van der Waals surface area contributed by atoms with Crippen LogP contribution in [0.25, 0.3) is 0 Å². The van der Waals surface area contributed by atoms with Gasteiger partial charge in [0.15, 0.2) is 0 Å². The van der Waals surface area contributed by atoms with Crippen molar-refractivity contribution < 1.29 is 4.92 Å². The molecule has 0 N–H and O–H groups in total. The van der Waals surface area contributed by atoms with Crippen molar-refractivity contribution in [3.8, 4) is 0 Å². The van der Waals surface area contributed by atoms with Gasteiger partial charge in [0, 0.05) is 18.8 Å². The molecule has 0 fully saturated rings. The molecule has 1 aromatic rings. The van der Waals surface area contributed by atoms with Crippen molar-refractivity contribution in [2.75, 3.05) is 0 Å². The first kappa shape index (κ1) is 12.0. The Labute approximate surface area is 93.2 Å². The summed E-state index contributed by atoms with van der Waals surface area (Å²) in [7, 11) is 1.74. The first-order chi connectivity index (χ1) is 6.93. The highest BCUT2D eigenvalue weighted by molar-refractivity contribution is 6.20. The van der Waals surface area contributed by atoms with Crippen LogP contribution in [-0.2, 0) is 13.5 Å². The van der Waals surface area contributed by atoms with E-state index in [2.05, 4.69) is 4.98 Å². The Morgan fingerprint density at radius 2 is 2.27 bits per heavy atom. The van der Waals surface area contributed by atoms with E-state index in [0.29, 0.717) is 12.1 Å². The number of nitrogens with zero attached hydrogens (tertiary/aromatic N) is 3. The van der Waals surface area contributed by atoms with Gasteiger partial charge in [-0.3, -0.25) is 0 Å². The van der Waals surface area contributed by atoms with Crippen molar-refractivity contribution in [2.45, 2.75) is 25.6 Å². The van der Waals surface area contributed by atoms with Gasteiger partial charge in [-0.1, -0.05) is 13.8 Å². The van der Waals surface area contributed by atoms with Crippen molar-refractivity contribution in [1.29, 1.82) is 0 Å². The van der Waals surface area contributed by atoms with Crippen molar-refractivity contribution in [3.05, 3.63) is 22.1 Å². The van der Waals surface area contributed by atoms with E-state index in [9.17, 15) is 10.1 Å². The van der Waals surface area contributed by atoms with Crippen LogP contribution < -0.4 is 0 Å². The predicted molar refractivity (Wildman–Crippen MR) is 58.0 cm³/mol. The van der Waals surface area contributed by atoms with Gasteiger partial charge in [-0.05, 0) is 15.8 Å². The molecule has 0 aromatic carbocycles. The minimum absolute atomic E-state index is 0.0937. The number of alkyl halides is 1. The first-order valence-corrected chi connectivity index (χ1v) is 5.15. The number of imidazole rings is 1. The number of halogens is 1. The molecular weight excluding hydrogens is 218 g/mol. The Hall–Kier alpha value is -1.10. The van der Waals surface area contributed by atoms with Gasteiger partial charge in [0.2, 0.25) is 6.33 Å². The summed E-state index contributed by atoms with van der Waals surface area (Å²) in [5.41, 5.74) is 0.578. The molecule has 1 heterocycles. The molecule has 0 radical (unpaired) electrons. The van der Waals surface area contributed by atoms with Gasteiger partial charge < -0.3 is 14.7 Å². The summed E-state index contributed by atoms with van der Waals surface area (Å²) in [5.74, 6) is 0.185. The normalized spacial score (nSPS) is 13.1. The lowest BCUT2D eigenvalue weighted by Crippen LogP contribution is -2.14. The average molecular weight is 232 g/mol. The zero-order valence-corrected chi connectivity index (χ0v) is 9.73. The Bertz CT molecular complexity index is 362. The summed E-state index contributed by atoms with van der Waals surface area (Å²) in [4.78, 5) is 13.9. The summed E-state index contributed by atoms with van der Waals surface area (Å²) in [6.07, 6.45) is 1.91. The molecule has 15 heavy (non-hydrogen) atoms. The molecule has 0 aliphatic carbocycles. The van der Waals surface area contributed by atoms with E-state index in [1.54, 1.807) is 11.6 Å². The molecule has 0 saturated heterocycles. The fraction of sp³-hybridized carbons (Fsp3) is 0.667. The second kappa shape index (κ2) is 4.61. The highest BCUT2D eigenvalue weighted by atomic mass is 35.5. The van der Waals surface area contributed by atoms with E-state index in [1.165, 1.54) is 6.33 Å². The molecule has 0 saturated carbocycles. The highest BCUT2D eigenvalue weighted by Crippen LogP contribution is 2.22. The maximum atomic E-state index is 10.7. The van der Waals surface area contributed by atoms with Gasteiger partial charge in [-0.2, -0.15) is 0 Å². The third kappa shape index (κ3) is 2.68. The predicted octanol–water partition coefficient (Wildman–Crippen LogP) is 2.13. The average Bonchev–Trinajstić information content (AvgIpc) is 2.48. The minimum atomic E-state index is -0.473. The van der Waals surface area contributed by atoms with Crippen molar-refractivity contribution in [1.82, 2.24) is 9.55 Å². The molecule has 5 nitrogen and oxygen atoms in total. The van der Waals surface area contributed by atoms with E-state index in [0.717, 1.165) is 0 Å². The number of rotatable bonds is 4. The largest absolute Gasteiger partial charge is 0.384 e. The quantitative estimate of drug-likeness (QED) is 0.453. The van der Waals surface area contributed by atoms with Gasteiger partial charge in [0.05, 0.1) is 0 Å². The van der Waals surface area contributed by atoms with Crippen molar-refractivity contribution >= 4 is 17.4 Å². The maximum absolute atomic E-state index is 10.7. The van der Waals surface area contributed by atoms with E-state index in [-0.39, 0.29) is 17.1 Å². The van der Waals surface area contributed by atoms with Crippen LogP contribution >= 0.6 is 11.6 Å². The Morgan fingerprint density at radius 3 is 2.73 bits per heavy atom. The lowest BCUT2D eigenvalue weighted by Gasteiger charge is -2.12. The van der Waals surface area contributed by atoms with Crippen molar-refractivity contribution in [2.24, 2.45) is 13.0 Å². The lowest BCUT2D eigenvalue weighted by atomic mass is 10.1. The molecule has 1 aromatic heterocycles. The topological polar surface area (TPSA) is 61.0 Å². The number of nitro groups is 1. The molecule has 0 spiro atoms. The monoisotopic (exact) mass is 231 g/mol. The minimum Gasteiger partial charge on any atom is -0.358 e. The summed E-state index contributed by atoms with van der Waals surface area (Å²) >= 11 is 6.09. The molecule has 0 amide bonds. The fourth-order valence-electron chi connectivity index (χ4n) is 1.25. The van der Waals surface area contributed by atoms with Gasteiger partial charge in [-0.25, -0.2) is 0 Å². The molecule has 0 aliphatic rings. The van der Waals surface area contributed by atoms with Crippen LogP contribution in [0.15, 0.2) is 6.33 Å². The molecule has 6 heteroatoms. The summed E-state index contributed by atoms with van der Waals surface area (Å²) in [6, 6.07) is 0. The zero-order chi connectivity index (χ0) is 11.6. The molecule has 1 atom stereocenters. The number of aryl methyl sites for hydroxylation is 1. The Balaban J connectivity index is 2.92. The van der Waals surface area contributed by atoms with Crippen LogP contribution in [-0.4, -0.2) is 19.9 Å². The second-order valence-corrected chi connectivity index (χ2v) is 4.41. The molecule has 1 unspecified atom stereocenters. The summed E-state index contributed by atoms with van der Waals surface area (Å²) < 4.78 is 1.65. The smallest absolute Gasteiger partial charge is 0.358 e. The number of aromatic nitrogens is 2. The van der Waals surface area contributed by atoms with Gasteiger partial charge in [0.25, 0.3) is 0 Å². The van der Waals surface area contributed by atoms with Crippen molar-refractivity contribution in [3.63, 3.8) is 0 Å². The zero-order valence-electron chi connectivity index (χ0n) is 8.98. The highest BCUT2D eigenvalue weighted by Gasteiger charge is 2.23. The first-order valence-electron chi connectivity index (χ1n) is 4.72. The number of hydrogen-bond donors (Lipinski definition) is 0. The van der Waals surface area contributed by atoms with Gasteiger partial charge in [-0.15, -0.1) is 11.6 Å². The third-order valence-electron chi connectivity index (χ3n) is 2.32. The van der Waals surface area contributed by atoms with E-state index in [1.807, 2.05) is 13.8 Å². The Kier molecular flexibility index (Phi) is 3.68. The van der Waals surface area contributed by atoms with Crippen LogP contribution in [0, 0.1) is 16.0 Å². The molecular formula is C9H14ClN3O2.